The van der Waals surface area contributed by atoms with Gasteiger partial charge < -0.3 is 21.3 Å². The van der Waals surface area contributed by atoms with Crippen molar-refractivity contribution in [2.24, 2.45) is 0 Å². The molecule has 0 aliphatic rings. The summed E-state index contributed by atoms with van der Waals surface area (Å²) in [4.78, 5) is 36.7. The van der Waals surface area contributed by atoms with E-state index in [9.17, 15) is 14.4 Å². The maximum atomic E-state index is 12.3. The Bertz CT molecular complexity index is 1110. The Labute approximate surface area is 206 Å². The smallest absolute Gasteiger partial charge is 0.251 e. The van der Waals surface area contributed by atoms with Gasteiger partial charge in [-0.3, -0.25) is 14.4 Å². The highest BCUT2D eigenvalue weighted by Gasteiger charge is 2.08. The van der Waals surface area contributed by atoms with Crippen LogP contribution >= 0.6 is 0 Å². The van der Waals surface area contributed by atoms with Gasteiger partial charge >= 0.3 is 0 Å². The highest BCUT2D eigenvalue weighted by Crippen LogP contribution is 2.15. The molecule has 0 fully saturated rings. The van der Waals surface area contributed by atoms with Crippen molar-refractivity contribution >= 4 is 34.8 Å². The molecule has 0 aliphatic carbocycles. The minimum Gasteiger partial charge on any atom is -0.376 e. The molecule has 7 nitrogen and oxygen atoms in total. The molecule has 0 bridgehead atoms. The van der Waals surface area contributed by atoms with Gasteiger partial charge in [0.15, 0.2) is 0 Å². The van der Waals surface area contributed by atoms with Crippen LogP contribution in [0.1, 0.15) is 42.1 Å². The van der Waals surface area contributed by atoms with Gasteiger partial charge in [0.05, 0.1) is 6.54 Å². The SMILES string of the molecule is CCCCNC(=O)c1cccc(NC(=O)CNc2ccc(NC(=O)CCc3ccccc3)cc2)c1. The number of carbonyl (C=O) groups is 3. The third-order valence-corrected chi connectivity index (χ3v) is 5.33. The Balaban J connectivity index is 1.42. The molecule has 0 unspecified atom stereocenters. The van der Waals surface area contributed by atoms with E-state index in [1.165, 1.54) is 0 Å². The minimum absolute atomic E-state index is 0.0461. The van der Waals surface area contributed by atoms with Crippen molar-refractivity contribution in [1.82, 2.24) is 5.32 Å². The Hall–Kier alpha value is -4.13. The van der Waals surface area contributed by atoms with Crippen LogP contribution in [-0.2, 0) is 16.0 Å². The number of hydrogen-bond acceptors (Lipinski definition) is 4. The van der Waals surface area contributed by atoms with Crippen molar-refractivity contribution in [1.29, 1.82) is 0 Å². The van der Waals surface area contributed by atoms with Crippen molar-refractivity contribution in [2.45, 2.75) is 32.6 Å². The summed E-state index contributed by atoms with van der Waals surface area (Å²) in [6.45, 7) is 2.76. The van der Waals surface area contributed by atoms with Crippen LogP contribution in [0.3, 0.4) is 0 Å². The fraction of sp³-hybridized carbons (Fsp3) is 0.250. The van der Waals surface area contributed by atoms with Crippen LogP contribution in [0.25, 0.3) is 0 Å². The van der Waals surface area contributed by atoms with E-state index in [1.54, 1.807) is 48.5 Å². The average Bonchev–Trinajstić information content (AvgIpc) is 2.88. The number of rotatable bonds is 12. The van der Waals surface area contributed by atoms with E-state index in [1.807, 2.05) is 30.3 Å². The Morgan fingerprint density at radius 3 is 2.20 bits per heavy atom. The Morgan fingerprint density at radius 1 is 0.743 bits per heavy atom. The maximum Gasteiger partial charge on any atom is 0.251 e. The molecule has 3 aromatic rings. The summed E-state index contributed by atoms with van der Waals surface area (Å²) in [5.41, 5.74) is 3.66. The van der Waals surface area contributed by atoms with E-state index in [0.717, 1.165) is 24.1 Å². The normalized spacial score (nSPS) is 10.3. The molecule has 0 saturated carbocycles. The molecule has 0 saturated heterocycles. The molecule has 0 aromatic heterocycles. The summed E-state index contributed by atoms with van der Waals surface area (Å²) >= 11 is 0. The van der Waals surface area contributed by atoms with Crippen molar-refractivity contribution in [3.63, 3.8) is 0 Å². The number of hydrogen-bond donors (Lipinski definition) is 4. The predicted molar refractivity (Wildman–Crippen MR) is 141 cm³/mol. The van der Waals surface area contributed by atoms with Crippen LogP contribution in [0.4, 0.5) is 17.1 Å². The van der Waals surface area contributed by atoms with Crippen molar-refractivity contribution in [3.05, 3.63) is 90.0 Å². The maximum absolute atomic E-state index is 12.3. The summed E-state index contributed by atoms with van der Waals surface area (Å²) in [6.07, 6.45) is 3.03. The molecule has 3 rings (SSSR count). The van der Waals surface area contributed by atoms with Gasteiger partial charge in [-0.15, -0.1) is 0 Å². The van der Waals surface area contributed by atoms with E-state index in [-0.39, 0.29) is 24.3 Å². The summed E-state index contributed by atoms with van der Waals surface area (Å²) < 4.78 is 0. The molecule has 0 aliphatic heterocycles. The number of unbranched alkanes of at least 4 members (excludes halogenated alkanes) is 1. The molecule has 3 amide bonds. The second-order valence-corrected chi connectivity index (χ2v) is 8.20. The second-order valence-electron chi connectivity index (χ2n) is 8.20. The second kappa shape index (κ2) is 13.5. The molecule has 0 heterocycles. The third-order valence-electron chi connectivity index (χ3n) is 5.33. The first kappa shape index (κ1) is 25.5. The molecule has 0 atom stereocenters. The van der Waals surface area contributed by atoms with Gasteiger partial charge in [0, 0.05) is 35.6 Å². The van der Waals surface area contributed by atoms with Crippen LogP contribution in [0.2, 0.25) is 0 Å². The van der Waals surface area contributed by atoms with Gasteiger partial charge in [0.1, 0.15) is 0 Å². The fourth-order valence-corrected chi connectivity index (χ4v) is 3.40. The molecule has 35 heavy (non-hydrogen) atoms. The lowest BCUT2D eigenvalue weighted by Crippen LogP contribution is -2.25. The van der Waals surface area contributed by atoms with E-state index in [4.69, 9.17) is 0 Å². The number of carbonyl (C=O) groups excluding carboxylic acids is 3. The summed E-state index contributed by atoms with van der Waals surface area (Å²) in [7, 11) is 0. The van der Waals surface area contributed by atoms with Crippen LogP contribution in [0.5, 0.6) is 0 Å². The van der Waals surface area contributed by atoms with Crippen LogP contribution in [0, 0.1) is 0 Å². The summed E-state index contributed by atoms with van der Waals surface area (Å²) in [6, 6.07) is 24.0. The zero-order chi connectivity index (χ0) is 24.9. The van der Waals surface area contributed by atoms with Gasteiger partial charge in [0.2, 0.25) is 11.8 Å². The minimum atomic E-state index is -0.230. The van der Waals surface area contributed by atoms with E-state index >= 15 is 0 Å². The fourth-order valence-electron chi connectivity index (χ4n) is 3.40. The molecule has 4 N–H and O–H groups in total. The zero-order valence-corrected chi connectivity index (χ0v) is 20.0. The lowest BCUT2D eigenvalue weighted by atomic mass is 10.1. The van der Waals surface area contributed by atoms with Crippen molar-refractivity contribution < 1.29 is 14.4 Å². The lowest BCUT2D eigenvalue weighted by Gasteiger charge is -2.10. The first-order valence-electron chi connectivity index (χ1n) is 11.9. The molecule has 3 aromatic carbocycles. The van der Waals surface area contributed by atoms with Crippen molar-refractivity contribution in [2.75, 3.05) is 29.0 Å². The molecule has 0 radical (unpaired) electrons. The zero-order valence-electron chi connectivity index (χ0n) is 20.0. The van der Waals surface area contributed by atoms with Crippen LogP contribution in [-0.4, -0.2) is 30.8 Å². The van der Waals surface area contributed by atoms with Crippen LogP contribution < -0.4 is 21.3 Å². The quantitative estimate of drug-likeness (QED) is 0.284. The largest absolute Gasteiger partial charge is 0.376 e. The average molecular weight is 473 g/mol. The van der Waals surface area contributed by atoms with E-state index in [2.05, 4.69) is 28.2 Å². The molecule has 0 spiro atoms. The number of aryl methyl sites for hydroxylation is 1. The molecular formula is C28H32N4O3. The van der Waals surface area contributed by atoms with Crippen LogP contribution in [0.15, 0.2) is 78.9 Å². The molecule has 182 valence electrons. The Morgan fingerprint density at radius 2 is 1.46 bits per heavy atom. The number of anilines is 3. The van der Waals surface area contributed by atoms with Gasteiger partial charge in [-0.2, -0.15) is 0 Å². The van der Waals surface area contributed by atoms with Gasteiger partial charge in [-0.1, -0.05) is 49.7 Å². The third kappa shape index (κ3) is 8.97. The monoisotopic (exact) mass is 472 g/mol. The topological polar surface area (TPSA) is 99.3 Å². The van der Waals surface area contributed by atoms with E-state index < -0.39 is 0 Å². The first-order valence-corrected chi connectivity index (χ1v) is 11.9. The van der Waals surface area contributed by atoms with Gasteiger partial charge in [-0.25, -0.2) is 0 Å². The van der Waals surface area contributed by atoms with Gasteiger partial charge in [-0.05, 0) is 60.9 Å². The number of nitrogens with one attached hydrogen (secondary N) is 4. The summed E-state index contributed by atoms with van der Waals surface area (Å²) in [5, 5.41) is 11.6. The Kier molecular flexibility index (Phi) is 9.87. The summed E-state index contributed by atoms with van der Waals surface area (Å²) in [5.74, 6) is -0.429. The van der Waals surface area contributed by atoms with Crippen molar-refractivity contribution in [3.8, 4) is 0 Å². The molecular weight excluding hydrogens is 440 g/mol. The number of benzene rings is 3. The highest BCUT2D eigenvalue weighted by atomic mass is 16.2. The highest BCUT2D eigenvalue weighted by molar-refractivity contribution is 5.98. The predicted octanol–water partition coefficient (Wildman–Crippen LogP) is 4.84. The first-order chi connectivity index (χ1) is 17.0. The lowest BCUT2D eigenvalue weighted by molar-refractivity contribution is -0.116. The molecule has 7 heteroatoms. The van der Waals surface area contributed by atoms with Gasteiger partial charge in [0.25, 0.3) is 5.91 Å². The standard InChI is InChI=1S/C28H32N4O3/c1-2-3-18-29-28(35)22-10-7-11-25(19-22)32-27(34)20-30-23-13-15-24(16-14-23)31-26(33)17-12-21-8-5-4-6-9-21/h4-11,13-16,19,30H,2-3,12,17-18,20H2,1H3,(H,29,35)(H,31,33)(H,32,34). The number of amides is 3. The van der Waals surface area contributed by atoms with E-state index in [0.29, 0.717) is 36.3 Å².